The van der Waals surface area contributed by atoms with Crippen molar-refractivity contribution in [2.24, 2.45) is 5.92 Å². The third kappa shape index (κ3) is 5.45. The molecule has 2 nitrogen and oxygen atoms in total. The van der Waals surface area contributed by atoms with Gasteiger partial charge in [-0.05, 0) is 13.8 Å². The Kier molecular flexibility index (Phi) is 5.25. The van der Waals surface area contributed by atoms with Crippen LogP contribution in [0, 0.1) is 29.6 Å². The van der Waals surface area contributed by atoms with E-state index in [-0.39, 0.29) is 5.92 Å². The van der Waals surface area contributed by atoms with Crippen molar-refractivity contribution in [3.63, 3.8) is 0 Å². The predicted octanol–water partition coefficient (Wildman–Crippen LogP) is 1.15. The molecule has 0 fully saturated rings. The second-order valence-electron chi connectivity index (χ2n) is 2.75. The number of hydrogen-bond acceptors (Lipinski definition) is 2. The minimum Gasteiger partial charge on any atom is -0.312 e. The first-order valence-corrected chi connectivity index (χ1v) is 3.77. The zero-order chi connectivity index (χ0) is 8.69. The van der Waals surface area contributed by atoms with Gasteiger partial charge in [0, 0.05) is 19.0 Å². The van der Waals surface area contributed by atoms with Gasteiger partial charge in [-0.3, -0.25) is 0 Å². The van der Waals surface area contributed by atoms with Gasteiger partial charge in [0.15, 0.2) is 0 Å². The lowest BCUT2D eigenvalue weighted by Crippen LogP contribution is -2.29. The molecule has 0 aromatic rings. The molecule has 1 N–H and O–H groups in total. The monoisotopic (exact) mass is 150 g/mol. The van der Waals surface area contributed by atoms with E-state index in [9.17, 15) is 0 Å². The number of rotatable bonds is 4. The van der Waals surface area contributed by atoms with Gasteiger partial charge >= 0.3 is 0 Å². The maximum atomic E-state index is 8.45. The summed E-state index contributed by atoms with van der Waals surface area (Å²) in [5.74, 6) is 2.63. The smallest absolute Gasteiger partial charge is 0.0666 e. The first kappa shape index (κ1) is 10.0. The van der Waals surface area contributed by atoms with E-state index in [1.807, 2.05) is 13.8 Å². The lowest BCUT2D eigenvalue weighted by molar-refractivity contribution is 0.518. The summed E-state index contributed by atoms with van der Waals surface area (Å²) in [5, 5.41) is 11.6. The molecule has 0 aromatic heterocycles. The molecule has 60 valence electrons. The summed E-state index contributed by atoms with van der Waals surface area (Å²) in [6.07, 6.45) is 5.83. The Balaban J connectivity index is 3.41. The predicted molar refractivity (Wildman–Crippen MR) is 45.7 cm³/mol. The highest BCUT2D eigenvalue weighted by molar-refractivity contribution is 4.89. The lowest BCUT2D eigenvalue weighted by Gasteiger charge is -2.10. The Hall–Kier alpha value is -0.990. The summed E-state index contributed by atoms with van der Waals surface area (Å²) in [6, 6.07) is 2.46. The fourth-order valence-electron chi connectivity index (χ4n) is 0.673. The average Bonchev–Trinajstić information content (AvgIpc) is 2.01. The summed E-state index contributed by atoms with van der Waals surface area (Å²) < 4.78 is 0. The molecule has 0 amide bonds. The fraction of sp³-hybridized carbons (Fsp3) is 0.667. The van der Waals surface area contributed by atoms with Gasteiger partial charge in [-0.1, -0.05) is 0 Å². The van der Waals surface area contributed by atoms with E-state index >= 15 is 0 Å². The van der Waals surface area contributed by atoms with Gasteiger partial charge in [0.25, 0.3) is 0 Å². The molecule has 0 saturated heterocycles. The van der Waals surface area contributed by atoms with E-state index in [1.54, 1.807) is 0 Å². The Morgan fingerprint density at radius 3 is 2.64 bits per heavy atom. The average molecular weight is 150 g/mol. The molecular formula is C9H14N2. The van der Waals surface area contributed by atoms with E-state index in [1.165, 1.54) is 0 Å². The lowest BCUT2D eigenvalue weighted by atomic mass is 10.2. The Bertz CT molecular complexity index is 173. The Morgan fingerprint density at radius 1 is 1.55 bits per heavy atom. The molecule has 0 bridgehead atoms. The first-order chi connectivity index (χ1) is 5.20. The van der Waals surface area contributed by atoms with E-state index < -0.39 is 0 Å². The number of terminal acetylenes is 1. The molecule has 0 radical (unpaired) electrons. The topological polar surface area (TPSA) is 35.8 Å². The van der Waals surface area contributed by atoms with Crippen LogP contribution in [0.15, 0.2) is 0 Å². The van der Waals surface area contributed by atoms with Gasteiger partial charge < -0.3 is 5.32 Å². The second kappa shape index (κ2) is 5.77. The highest BCUT2D eigenvalue weighted by Crippen LogP contribution is 1.92. The summed E-state index contributed by atoms with van der Waals surface area (Å²) in [6.45, 7) is 4.62. The van der Waals surface area contributed by atoms with Gasteiger partial charge in [-0.2, -0.15) is 5.26 Å². The van der Waals surface area contributed by atoms with Crippen molar-refractivity contribution in [3.05, 3.63) is 0 Å². The molecule has 2 unspecified atom stereocenters. The van der Waals surface area contributed by atoms with Gasteiger partial charge in [0.05, 0.1) is 12.0 Å². The van der Waals surface area contributed by atoms with Crippen LogP contribution in [0.3, 0.4) is 0 Å². The van der Waals surface area contributed by atoms with Gasteiger partial charge in [-0.15, -0.1) is 12.3 Å². The van der Waals surface area contributed by atoms with E-state index in [4.69, 9.17) is 11.7 Å². The van der Waals surface area contributed by atoms with E-state index in [0.29, 0.717) is 6.04 Å². The van der Waals surface area contributed by atoms with Crippen molar-refractivity contribution in [1.29, 1.82) is 5.26 Å². The molecule has 0 aliphatic rings. The third-order valence-electron chi connectivity index (χ3n) is 1.42. The summed E-state index contributed by atoms with van der Waals surface area (Å²) in [5.41, 5.74) is 0. The largest absolute Gasteiger partial charge is 0.312 e. The number of nitriles is 1. The maximum absolute atomic E-state index is 8.45. The maximum Gasteiger partial charge on any atom is 0.0666 e. The van der Waals surface area contributed by atoms with Crippen LogP contribution in [0.2, 0.25) is 0 Å². The quantitative estimate of drug-likeness (QED) is 0.610. The summed E-state index contributed by atoms with van der Waals surface area (Å²) in [4.78, 5) is 0. The molecule has 0 heterocycles. The van der Waals surface area contributed by atoms with Crippen LogP contribution in [0.4, 0.5) is 0 Å². The van der Waals surface area contributed by atoms with Crippen molar-refractivity contribution >= 4 is 0 Å². The standard InChI is InChI=1S/C9H14N2/c1-4-5-9(3)11-7-8(2)6-10/h1,8-9,11H,5,7H2,2-3H3. The van der Waals surface area contributed by atoms with E-state index in [2.05, 4.69) is 17.3 Å². The van der Waals surface area contributed by atoms with E-state index in [0.717, 1.165) is 13.0 Å². The van der Waals surface area contributed by atoms with Crippen LogP contribution in [-0.2, 0) is 0 Å². The number of nitrogens with one attached hydrogen (secondary N) is 1. The molecule has 0 aromatic carbocycles. The molecule has 11 heavy (non-hydrogen) atoms. The molecular weight excluding hydrogens is 136 g/mol. The van der Waals surface area contributed by atoms with Gasteiger partial charge in [-0.25, -0.2) is 0 Å². The SMILES string of the molecule is C#CCC(C)NCC(C)C#N. The van der Waals surface area contributed by atoms with Crippen molar-refractivity contribution in [1.82, 2.24) is 5.32 Å². The summed E-state index contributed by atoms with van der Waals surface area (Å²) in [7, 11) is 0. The van der Waals surface area contributed by atoms with Crippen molar-refractivity contribution in [3.8, 4) is 18.4 Å². The third-order valence-corrected chi connectivity index (χ3v) is 1.42. The highest BCUT2D eigenvalue weighted by atomic mass is 14.9. The van der Waals surface area contributed by atoms with Crippen LogP contribution in [0.1, 0.15) is 20.3 Å². The van der Waals surface area contributed by atoms with Crippen LogP contribution >= 0.6 is 0 Å². The fourth-order valence-corrected chi connectivity index (χ4v) is 0.673. The summed E-state index contributed by atoms with van der Waals surface area (Å²) >= 11 is 0. The molecule has 0 rings (SSSR count). The molecule has 0 aliphatic heterocycles. The van der Waals surface area contributed by atoms with Crippen LogP contribution in [-0.4, -0.2) is 12.6 Å². The second-order valence-corrected chi connectivity index (χ2v) is 2.75. The molecule has 0 spiro atoms. The molecule has 0 saturated carbocycles. The zero-order valence-corrected chi connectivity index (χ0v) is 7.09. The normalized spacial score (nSPS) is 14.5. The molecule has 2 heteroatoms. The van der Waals surface area contributed by atoms with Gasteiger partial charge in [0.2, 0.25) is 0 Å². The molecule has 0 aliphatic carbocycles. The Morgan fingerprint density at radius 2 is 2.18 bits per heavy atom. The number of nitrogens with zero attached hydrogens (tertiary/aromatic N) is 1. The number of hydrogen-bond donors (Lipinski definition) is 1. The van der Waals surface area contributed by atoms with Crippen molar-refractivity contribution in [2.75, 3.05) is 6.54 Å². The zero-order valence-electron chi connectivity index (χ0n) is 7.09. The van der Waals surface area contributed by atoms with Crippen LogP contribution in [0.5, 0.6) is 0 Å². The first-order valence-electron chi connectivity index (χ1n) is 3.77. The van der Waals surface area contributed by atoms with Crippen molar-refractivity contribution < 1.29 is 0 Å². The minimum atomic E-state index is 0.0650. The van der Waals surface area contributed by atoms with Gasteiger partial charge in [0.1, 0.15) is 0 Å². The minimum absolute atomic E-state index is 0.0650. The highest BCUT2D eigenvalue weighted by Gasteiger charge is 2.01. The van der Waals surface area contributed by atoms with Crippen molar-refractivity contribution in [2.45, 2.75) is 26.3 Å². The van der Waals surface area contributed by atoms with Crippen LogP contribution in [0.25, 0.3) is 0 Å². The Labute approximate surface area is 68.6 Å². The van der Waals surface area contributed by atoms with Crippen LogP contribution < -0.4 is 5.32 Å². The molecule has 2 atom stereocenters.